The van der Waals surface area contributed by atoms with Gasteiger partial charge in [-0.1, -0.05) is 11.2 Å². The van der Waals surface area contributed by atoms with E-state index in [2.05, 4.69) is 15.7 Å². The lowest BCUT2D eigenvalue weighted by molar-refractivity contribution is -0.114. The lowest BCUT2D eigenvalue weighted by Gasteiger charge is -2.04. The molecule has 96 valence electrons. The van der Waals surface area contributed by atoms with Crippen LogP contribution in [0.15, 0.2) is 28.5 Å². The van der Waals surface area contributed by atoms with Gasteiger partial charge in [-0.25, -0.2) is 5.43 Å². The normalized spacial score (nSPS) is 11.6. The van der Waals surface area contributed by atoms with Crippen LogP contribution in [0.25, 0.3) is 0 Å². The molecule has 0 aliphatic heterocycles. The highest BCUT2D eigenvalue weighted by molar-refractivity contribution is 6.37. The fourth-order valence-corrected chi connectivity index (χ4v) is 1.09. The highest BCUT2D eigenvalue weighted by atomic mass is 16.5. The molecule has 3 N–H and O–H groups in total. The summed E-state index contributed by atoms with van der Waals surface area (Å²) in [5.74, 6) is -0.417. The molecule has 0 aliphatic carbocycles. The molecule has 1 amide bonds. The van der Waals surface area contributed by atoms with Crippen LogP contribution >= 0.6 is 0 Å². The molecule has 1 rings (SSSR count). The van der Waals surface area contributed by atoms with E-state index < -0.39 is 5.91 Å². The largest absolute Gasteiger partial charge is 0.504 e. The smallest absolute Gasteiger partial charge is 0.288 e. The lowest BCUT2D eigenvalue weighted by Crippen LogP contribution is -2.24. The van der Waals surface area contributed by atoms with Crippen molar-refractivity contribution in [3.63, 3.8) is 0 Å². The summed E-state index contributed by atoms with van der Waals surface area (Å²) >= 11 is 0. The number of hydrazone groups is 1. The summed E-state index contributed by atoms with van der Waals surface area (Å²) in [5.41, 5.74) is 2.39. The van der Waals surface area contributed by atoms with Crippen LogP contribution in [0.5, 0.6) is 11.5 Å². The Morgan fingerprint density at radius 1 is 1.50 bits per heavy atom. The molecule has 0 atom stereocenters. The Morgan fingerprint density at radius 3 is 2.83 bits per heavy atom. The molecular formula is C11H13N3O4. The number of oxime groups is 1. The van der Waals surface area contributed by atoms with Crippen molar-refractivity contribution in [2.45, 2.75) is 6.92 Å². The highest BCUT2D eigenvalue weighted by Gasteiger charge is 2.06. The molecule has 0 aromatic heterocycles. The van der Waals surface area contributed by atoms with Gasteiger partial charge in [0.25, 0.3) is 5.91 Å². The maximum absolute atomic E-state index is 11.2. The van der Waals surface area contributed by atoms with Crippen molar-refractivity contribution in [2.24, 2.45) is 10.3 Å². The van der Waals surface area contributed by atoms with E-state index in [0.717, 1.165) is 0 Å². The summed E-state index contributed by atoms with van der Waals surface area (Å²) in [4.78, 5) is 11.2. The number of phenolic OH excluding ortho intramolecular Hbond substituents is 1. The van der Waals surface area contributed by atoms with Crippen molar-refractivity contribution >= 4 is 17.8 Å². The average Bonchev–Trinajstić information content (AvgIpc) is 2.39. The third-order valence-electron chi connectivity index (χ3n) is 2.10. The number of hydrogen-bond acceptors (Lipinski definition) is 6. The minimum atomic E-state index is -0.642. The Hall–Kier alpha value is -2.57. The topological polar surface area (TPSA) is 104 Å². The van der Waals surface area contributed by atoms with Gasteiger partial charge in [-0.15, -0.1) is 0 Å². The SMILES string of the molecule is COc1cccc(/C=N/NC(=O)C(C)=NO)c1O. The highest BCUT2D eigenvalue weighted by Crippen LogP contribution is 2.27. The fraction of sp³-hybridized carbons (Fsp3) is 0.182. The molecule has 7 heteroatoms. The quantitative estimate of drug-likeness (QED) is 0.416. The third kappa shape index (κ3) is 3.21. The summed E-state index contributed by atoms with van der Waals surface area (Å²) in [5, 5.41) is 24.4. The third-order valence-corrected chi connectivity index (χ3v) is 2.10. The van der Waals surface area contributed by atoms with Gasteiger partial charge in [0, 0.05) is 5.56 Å². The zero-order chi connectivity index (χ0) is 13.5. The van der Waals surface area contributed by atoms with Crippen LogP contribution in [0.1, 0.15) is 12.5 Å². The summed E-state index contributed by atoms with van der Waals surface area (Å²) in [6, 6.07) is 4.86. The minimum absolute atomic E-state index is 0.0782. The molecule has 0 aliphatic rings. The van der Waals surface area contributed by atoms with E-state index in [9.17, 15) is 9.90 Å². The Balaban J connectivity index is 2.77. The van der Waals surface area contributed by atoms with Crippen molar-refractivity contribution in [1.29, 1.82) is 0 Å². The number of amides is 1. The van der Waals surface area contributed by atoms with E-state index >= 15 is 0 Å². The average molecular weight is 251 g/mol. The molecule has 0 unspecified atom stereocenters. The van der Waals surface area contributed by atoms with Gasteiger partial charge in [-0.2, -0.15) is 5.10 Å². The molecule has 0 saturated heterocycles. The van der Waals surface area contributed by atoms with Gasteiger partial charge in [-0.3, -0.25) is 4.79 Å². The van der Waals surface area contributed by atoms with E-state index in [-0.39, 0.29) is 11.5 Å². The maximum Gasteiger partial charge on any atom is 0.288 e. The first kappa shape index (κ1) is 13.5. The number of ether oxygens (including phenoxy) is 1. The Kier molecular flexibility index (Phi) is 4.67. The predicted octanol–water partition coefficient (Wildman–Crippen LogP) is 0.701. The predicted molar refractivity (Wildman–Crippen MR) is 65.3 cm³/mol. The number of methoxy groups -OCH3 is 1. The minimum Gasteiger partial charge on any atom is -0.504 e. The number of nitrogens with zero attached hydrogens (tertiary/aromatic N) is 2. The zero-order valence-electron chi connectivity index (χ0n) is 9.91. The second kappa shape index (κ2) is 6.24. The number of rotatable bonds is 4. The summed E-state index contributed by atoms with van der Waals surface area (Å²) in [6.07, 6.45) is 1.25. The molecule has 0 heterocycles. The van der Waals surface area contributed by atoms with Crippen LogP contribution < -0.4 is 10.2 Å². The van der Waals surface area contributed by atoms with Crippen molar-refractivity contribution in [2.75, 3.05) is 7.11 Å². The van der Waals surface area contributed by atoms with Crippen molar-refractivity contribution < 1.29 is 19.8 Å². The van der Waals surface area contributed by atoms with E-state index in [1.165, 1.54) is 20.2 Å². The standard InChI is InChI=1S/C11H13N3O4/c1-7(14-17)11(16)13-12-6-8-4-3-5-9(18-2)10(8)15/h3-6,15,17H,1-2H3,(H,13,16)/b12-6+,14-7?. The molecular weight excluding hydrogens is 238 g/mol. The first-order valence-electron chi connectivity index (χ1n) is 4.98. The first-order valence-corrected chi connectivity index (χ1v) is 4.98. The van der Waals surface area contributed by atoms with Gasteiger partial charge in [0.15, 0.2) is 11.5 Å². The van der Waals surface area contributed by atoms with Crippen LogP contribution in [0.4, 0.5) is 0 Å². The molecule has 0 bridgehead atoms. The number of carbonyl (C=O) groups excluding carboxylic acids is 1. The van der Waals surface area contributed by atoms with Gasteiger partial charge >= 0.3 is 0 Å². The number of benzene rings is 1. The fourth-order valence-electron chi connectivity index (χ4n) is 1.09. The number of carbonyl (C=O) groups is 1. The lowest BCUT2D eigenvalue weighted by atomic mass is 10.2. The molecule has 0 radical (unpaired) electrons. The maximum atomic E-state index is 11.2. The number of phenols is 1. The van der Waals surface area contributed by atoms with Crippen LogP contribution in [0, 0.1) is 0 Å². The summed E-state index contributed by atoms with van der Waals surface area (Å²) in [6.45, 7) is 1.33. The van der Waals surface area contributed by atoms with Crippen LogP contribution in [-0.2, 0) is 4.79 Å². The van der Waals surface area contributed by atoms with Crippen LogP contribution in [0.2, 0.25) is 0 Å². The molecule has 7 nitrogen and oxygen atoms in total. The molecule has 1 aromatic carbocycles. The molecule has 0 saturated carbocycles. The van der Waals surface area contributed by atoms with Crippen molar-refractivity contribution in [3.05, 3.63) is 23.8 Å². The van der Waals surface area contributed by atoms with E-state index in [1.807, 2.05) is 0 Å². The first-order chi connectivity index (χ1) is 8.60. The second-order valence-electron chi connectivity index (χ2n) is 3.28. The van der Waals surface area contributed by atoms with E-state index in [1.54, 1.807) is 18.2 Å². The number of hydrogen-bond donors (Lipinski definition) is 3. The Labute approximate surface area is 103 Å². The molecule has 0 fully saturated rings. The second-order valence-corrected chi connectivity index (χ2v) is 3.28. The van der Waals surface area contributed by atoms with Gasteiger partial charge in [0.1, 0.15) is 5.71 Å². The van der Waals surface area contributed by atoms with E-state index in [4.69, 9.17) is 9.94 Å². The van der Waals surface area contributed by atoms with Crippen LogP contribution in [-0.4, -0.2) is 35.3 Å². The Bertz CT molecular complexity index is 497. The molecule has 0 spiro atoms. The Morgan fingerprint density at radius 2 is 2.22 bits per heavy atom. The van der Waals surface area contributed by atoms with Gasteiger partial charge in [0.05, 0.1) is 13.3 Å². The summed E-state index contributed by atoms with van der Waals surface area (Å²) in [7, 11) is 1.43. The van der Waals surface area contributed by atoms with Gasteiger partial charge in [0.2, 0.25) is 0 Å². The van der Waals surface area contributed by atoms with Gasteiger partial charge in [-0.05, 0) is 19.1 Å². The van der Waals surface area contributed by atoms with Gasteiger partial charge < -0.3 is 15.1 Å². The number of aromatic hydroxyl groups is 1. The van der Waals surface area contributed by atoms with E-state index in [0.29, 0.717) is 11.3 Å². The van der Waals surface area contributed by atoms with Crippen LogP contribution in [0.3, 0.4) is 0 Å². The van der Waals surface area contributed by atoms with Crippen molar-refractivity contribution in [1.82, 2.24) is 5.43 Å². The monoisotopic (exact) mass is 251 g/mol. The number of nitrogens with one attached hydrogen (secondary N) is 1. The molecule has 1 aromatic rings. The summed E-state index contributed by atoms with van der Waals surface area (Å²) < 4.78 is 4.92. The van der Waals surface area contributed by atoms with Crippen molar-refractivity contribution in [3.8, 4) is 11.5 Å². The number of para-hydroxylation sites is 1. The molecule has 18 heavy (non-hydrogen) atoms. The zero-order valence-corrected chi connectivity index (χ0v) is 9.91.